The van der Waals surface area contributed by atoms with Gasteiger partial charge in [-0.15, -0.1) is 0 Å². The third kappa shape index (κ3) is 6.59. The van der Waals surface area contributed by atoms with E-state index in [1.807, 2.05) is 30.0 Å². The largest absolute Gasteiger partial charge is 0.368 e. The lowest BCUT2D eigenvalue weighted by Gasteiger charge is -2.38. The minimum absolute atomic E-state index is 0.195. The minimum atomic E-state index is -0.223. The fourth-order valence-electron chi connectivity index (χ4n) is 6.30. The summed E-state index contributed by atoms with van der Waals surface area (Å²) < 4.78 is 1.77. The third-order valence-corrected chi connectivity index (χ3v) is 8.97. The number of aromatic nitrogens is 2. The predicted octanol–water partition coefficient (Wildman–Crippen LogP) is 4.41. The van der Waals surface area contributed by atoms with Gasteiger partial charge in [-0.25, -0.2) is 0 Å². The summed E-state index contributed by atoms with van der Waals surface area (Å²) in [6, 6.07) is 15.9. The molecule has 3 fully saturated rings. The van der Waals surface area contributed by atoms with Gasteiger partial charge in [0.15, 0.2) is 0 Å². The topological polar surface area (TPSA) is 103 Å². The number of carbonyl (C=O) groups excluding carboxylic acids is 3. The number of nitrogens with one attached hydrogen (secondary N) is 2. The maximum atomic E-state index is 13.7. The van der Waals surface area contributed by atoms with Crippen LogP contribution in [0.15, 0.2) is 48.5 Å². The average Bonchev–Trinajstić information content (AvgIpc) is 3.67. The molecule has 2 saturated heterocycles. The van der Waals surface area contributed by atoms with Crippen LogP contribution in [0, 0.1) is 6.92 Å². The Balaban J connectivity index is 1.18. The summed E-state index contributed by atoms with van der Waals surface area (Å²) in [6.45, 7) is 9.96. The van der Waals surface area contributed by atoms with E-state index >= 15 is 0 Å². The van der Waals surface area contributed by atoms with E-state index in [0.717, 1.165) is 63.4 Å². The van der Waals surface area contributed by atoms with E-state index < -0.39 is 0 Å². The fourth-order valence-corrected chi connectivity index (χ4v) is 6.30. The number of benzene rings is 2. The van der Waals surface area contributed by atoms with Crippen molar-refractivity contribution in [2.24, 2.45) is 0 Å². The highest BCUT2D eigenvalue weighted by atomic mass is 16.2. The first-order valence-corrected chi connectivity index (χ1v) is 16.1. The van der Waals surface area contributed by atoms with E-state index in [0.29, 0.717) is 55.3 Å². The number of para-hydroxylation sites is 1. The molecule has 6 rings (SSSR count). The van der Waals surface area contributed by atoms with Crippen LogP contribution in [-0.4, -0.2) is 78.2 Å². The summed E-state index contributed by atoms with van der Waals surface area (Å²) in [7, 11) is 0. The highest BCUT2D eigenvalue weighted by molar-refractivity contribution is 6.06. The van der Waals surface area contributed by atoms with E-state index in [1.165, 1.54) is 11.3 Å². The van der Waals surface area contributed by atoms with E-state index in [2.05, 4.69) is 56.7 Å². The predicted molar refractivity (Wildman–Crippen MR) is 173 cm³/mol. The maximum Gasteiger partial charge on any atom is 0.273 e. The molecule has 0 radical (unpaired) electrons. The van der Waals surface area contributed by atoms with Gasteiger partial charge in [-0.2, -0.15) is 5.10 Å². The van der Waals surface area contributed by atoms with Crippen molar-refractivity contribution in [2.45, 2.75) is 58.4 Å². The second-order valence-electron chi connectivity index (χ2n) is 12.1. The number of likely N-dealkylation sites (tertiary alicyclic amines) is 1. The van der Waals surface area contributed by atoms with Crippen LogP contribution in [0.3, 0.4) is 0 Å². The summed E-state index contributed by atoms with van der Waals surface area (Å²) >= 11 is 0. The van der Waals surface area contributed by atoms with E-state index in [-0.39, 0.29) is 17.7 Å². The molecule has 3 aliphatic rings. The molecule has 44 heavy (non-hydrogen) atoms. The SMILES string of the molecule is CCn1nc(C2CC2)cc1C(=O)Nc1cc(C(=O)NCCCN2CCCC2=O)ccc1N1CCN(c2ccccc2C)CC1. The molecule has 10 heteroatoms. The number of nitrogens with zero attached hydrogens (tertiary/aromatic N) is 5. The standard InChI is InChI=1S/C34H43N7O3/c1-3-41-31(23-27(37-41)25-11-12-25)34(44)36-28-22-26(33(43)35-15-7-17-40-16-6-10-32(40)42)13-14-30(28)39-20-18-38(19-21-39)29-9-5-4-8-24(29)2/h4-5,8-9,13-14,22-23,25H,3,6-7,10-12,15-21H2,1-2H3,(H,35,43)(H,36,44). The normalized spacial score (nSPS) is 16.9. The molecule has 2 N–H and O–H groups in total. The molecule has 0 bridgehead atoms. The van der Waals surface area contributed by atoms with Gasteiger partial charge in [0.1, 0.15) is 5.69 Å². The molecule has 3 heterocycles. The first kappa shape index (κ1) is 29.7. The molecule has 0 unspecified atom stereocenters. The van der Waals surface area contributed by atoms with Gasteiger partial charge in [-0.1, -0.05) is 18.2 Å². The van der Waals surface area contributed by atoms with Crippen LogP contribution in [-0.2, 0) is 11.3 Å². The van der Waals surface area contributed by atoms with Crippen LogP contribution in [0.2, 0.25) is 0 Å². The lowest BCUT2D eigenvalue weighted by molar-refractivity contribution is -0.127. The number of hydrogen-bond acceptors (Lipinski definition) is 6. The molecular weight excluding hydrogens is 554 g/mol. The summed E-state index contributed by atoms with van der Waals surface area (Å²) in [4.78, 5) is 45.3. The van der Waals surface area contributed by atoms with Gasteiger partial charge in [0.25, 0.3) is 11.8 Å². The summed E-state index contributed by atoms with van der Waals surface area (Å²) in [5, 5.41) is 10.8. The molecule has 10 nitrogen and oxygen atoms in total. The Morgan fingerprint density at radius 3 is 2.36 bits per heavy atom. The molecule has 232 valence electrons. The second kappa shape index (κ2) is 13.1. The first-order chi connectivity index (χ1) is 21.4. The Kier molecular flexibility index (Phi) is 8.86. The van der Waals surface area contributed by atoms with Crippen LogP contribution in [0.5, 0.6) is 0 Å². The molecule has 1 aromatic heterocycles. The highest BCUT2D eigenvalue weighted by Gasteiger charge is 2.29. The Morgan fingerprint density at radius 2 is 1.68 bits per heavy atom. The summed E-state index contributed by atoms with van der Waals surface area (Å²) in [6.07, 6.45) is 4.47. The van der Waals surface area contributed by atoms with Crippen molar-refractivity contribution >= 4 is 34.8 Å². The number of hydrogen-bond donors (Lipinski definition) is 2. The molecule has 0 spiro atoms. The number of carbonyl (C=O) groups is 3. The second-order valence-corrected chi connectivity index (χ2v) is 12.1. The monoisotopic (exact) mass is 597 g/mol. The first-order valence-electron chi connectivity index (χ1n) is 16.1. The average molecular weight is 598 g/mol. The number of anilines is 3. The zero-order valence-corrected chi connectivity index (χ0v) is 25.8. The Bertz CT molecular complexity index is 1520. The van der Waals surface area contributed by atoms with Gasteiger partial charge in [-0.05, 0) is 75.4 Å². The molecule has 2 aromatic carbocycles. The number of aryl methyl sites for hydroxylation is 2. The van der Waals surface area contributed by atoms with Crippen LogP contribution in [0.4, 0.5) is 17.1 Å². The molecular formula is C34H43N7O3. The Morgan fingerprint density at radius 1 is 0.932 bits per heavy atom. The van der Waals surface area contributed by atoms with Crippen LogP contribution >= 0.6 is 0 Å². The van der Waals surface area contributed by atoms with Gasteiger partial charge in [-0.3, -0.25) is 19.1 Å². The zero-order valence-electron chi connectivity index (χ0n) is 25.8. The van der Waals surface area contributed by atoms with Crippen molar-refractivity contribution in [1.82, 2.24) is 20.0 Å². The lowest BCUT2D eigenvalue weighted by Crippen LogP contribution is -2.47. The van der Waals surface area contributed by atoms with Crippen molar-refractivity contribution in [3.8, 4) is 0 Å². The van der Waals surface area contributed by atoms with Crippen molar-refractivity contribution in [1.29, 1.82) is 0 Å². The van der Waals surface area contributed by atoms with E-state index in [4.69, 9.17) is 0 Å². The molecule has 0 atom stereocenters. The van der Waals surface area contributed by atoms with Gasteiger partial charge in [0, 0.05) is 75.9 Å². The fraction of sp³-hybridized carbons (Fsp3) is 0.471. The van der Waals surface area contributed by atoms with Crippen molar-refractivity contribution in [3.63, 3.8) is 0 Å². The molecule has 3 aromatic rings. The molecule has 3 amide bonds. The van der Waals surface area contributed by atoms with E-state index in [9.17, 15) is 14.4 Å². The zero-order chi connectivity index (χ0) is 30.6. The molecule has 1 aliphatic carbocycles. The maximum absolute atomic E-state index is 13.7. The Labute approximate surface area is 259 Å². The number of rotatable bonds is 11. The van der Waals surface area contributed by atoms with Crippen molar-refractivity contribution in [3.05, 3.63) is 71.0 Å². The van der Waals surface area contributed by atoms with Crippen molar-refractivity contribution in [2.75, 3.05) is 60.9 Å². The van der Waals surface area contributed by atoms with Crippen LogP contribution < -0.4 is 20.4 Å². The highest BCUT2D eigenvalue weighted by Crippen LogP contribution is 2.39. The van der Waals surface area contributed by atoms with Gasteiger partial charge in [0.05, 0.1) is 17.1 Å². The van der Waals surface area contributed by atoms with Gasteiger partial charge >= 0.3 is 0 Å². The van der Waals surface area contributed by atoms with Crippen molar-refractivity contribution < 1.29 is 14.4 Å². The van der Waals surface area contributed by atoms with Gasteiger partial charge < -0.3 is 25.3 Å². The molecule has 1 saturated carbocycles. The third-order valence-electron chi connectivity index (χ3n) is 8.97. The van der Waals surface area contributed by atoms with Gasteiger partial charge in [0.2, 0.25) is 5.91 Å². The Hall–Kier alpha value is -4.34. The quantitative estimate of drug-likeness (QED) is 0.318. The molecule has 2 aliphatic heterocycles. The van der Waals surface area contributed by atoms with Crippen LogP contribution in [0.1, 0.15) is 77.0 Å². The lowest BCUT2D eigenvalue weighted by atomic mass is 10.1. The van der Waals surface area contributed by atoms with Crippen LogP contribution in [0.25, 0.3) is 0 Å². The minimum Gasteiger partial charge on any atom is -0.368 e. The van der Waals surface area contributed by atoms with E-state index in [1.54, 1.807) is 10.7 Å². The summed E-state index contributed by atoms with van der Waals surface area (Å²) in [5.74, 6) is 0.225. The smallest absolute Gasteiger partial charge is 0.273 e. The number of piperazine rings is 1. The number of amides is 3. The summed E-state index contributed by atoms with van der Waals surface area (Å²) in [5.41, 5.74) is 6.03.